The molecule has 1 N–H and O–H groups in total. The van der Waals surface area contributed by atoms with E-state index in [0.717, 1.165) is 31.5 Å². The second kappa shape index (κ2) is 6.77. The fourth-order valence-electron chi connectivity index (χ4n) is 3.20. The van der Waals surface area contributed by atoms with E-state index in [2.05, 4.69) is 20.0 Å². The van der Waals surface area contributed by atoms with Crippen LogP contribution in [-0.2, 0) is 12.7 Å². The van der Waals surface area contributed by atoms with Gasteiger partial charge in [0.05, 0.1) is 0 Å². The van der Waals surface area contributed by atoms with Gasteiger partial charge in [0.25, 0.3) is 10.9 Å². The molecule has 1 aliphatic heterocycles. The second-order valence-electron chi connectivity index (χ2n) is 6.55. The largest absolute Gasteiger partial charge is 0.471 e. The van der Waals surface area contributed by atoms with Crippen molar-refractivity contribution in [2.75, 3.05) is 23.3 Å². The molecule has 0 bridgehead atoms. The van der Waals surface area contributed by atoms with Gasteiger partial charge in [0.15, 0.2) is 0 Å². The number of hydrogen-bond acceptors (Lipinski definition) is 7. The van der Waals surface area contributed by atoms with Crippen molar-refractivity contribution in [3.05, 3.63) is 56.2 Å². The first kappa shape index (κ1) is 18.2. The Labute approximate surface area is 156 Å². The molecule has 1 aliphatic rings. The molecule has 146 valence electrons. The van der Waals surface area contributed by atoms with Crippen molar-refractivity contribution in [1.29, 1.82) is 0 Å². The lowest BCUT2D eigenvalue weighted by molar-refractivity contribution is -0.159. The molecular formula is C18H15F3N4O3. The van der Waals surface area contributed by atoms with Crippen molar-refractivity contribution in [2.24, 2.45) is 0 Å². The van der Waals surface area contributed by atoms with Crippen molar-refractivity contribution >= 4 is 11.4 Å². The number of anilines is 2. The van der Waals surface area contributed by atoms with Gasteiger partial charge in [-0.3, -0.25) is 9.59 Å². The molecule has 0 amide bonds. The van der Waals surface area contributed by atoms with Crippen molar-refractivity contribution < 1.29 is 17.7 Å². The highest BCUT2D eigenvalue weighted by atomic mass is 19.4. The molecule has 1 saturated heterocycles. The highest BCUT2D eigenvalue weighted by molar-refractivity contribution is 5.75. The van der Waals surface area contributed by atoms with Crippen LogP contribution in [0, 0.1) is 0 Å². The number of hydrogen-bond donors (Lipinski definition) is 1. The third-order valence-electron chi connectivity index (χ3n) is 4.66. The first-order valence-corrected chi connectivity index (χ1v) is 8.67. The van der Waals surface area contributed by atoms with Crippen molar-refractivity contribution in [2.45, 2.75) is 25.6 Å². The molecule has 2 aromatic carbocycles. The Hall–Kier alpha value is -3.17. The van der Waals surface area contributed by atoms with Crippen LogP contribution in [0.15, 0.2) is 38.4 Å². The van der Waals surface area contributed by atoms with Crippen LogP contribution in [0.4, 0.5) is 24.5 Å². The normalized spacial score (nSPS) is 14.8. The Balaban J connectivity index is 1.45. The Morgan fingerprint density at radius 1 is 1.07 bits per heavy atom. The summed E-state index contributed by atoms with van der Waals surface area (Å²) in [5, 5.41) is 6.33. The first-order chi connectivity index (χ1) is 13.3. The fourth-order valence-corrected chi connectivity index (χ4v) is 3.20. The predicted octanol–water partition coefficient (Wildman–Crippen LogP) is 2.56. The average molecular weight is 392 g/mol. The van der Waals surface area contributed by atoms with Gasteiger partial charge < -0.3 is 14.7 Å². The molecule has 7 nitrogen and oxygen atoms in total. The zero-order valence-corrected chi connectivity index (χ0v) is 14.5. The van der Waals surface area contributed by atoms with Gasteiger partial charge in [0.1, 0.15) is 11.4 Å². The molecule has 2 heterocycles. The molecule has 1 fully saturated rings. The number of halogens is 3. The first-order valence-electron chi connectivity index (χ1n) is 8.67. The molecular weight excluding hydrogens is 377 g/mol. The second-order valence-corrected chi connectivity index (χ2v) is 6.55. The maximum atomic E-state index is 12.5. The third kappa shape index (κ3) is 3.25. The number of alkyl halides is 3. The minimum Gasteiger partial charge on any atom is -0.376 e. The molecule has 0 atom stereocenters. The van der Waals surface area contributed by atoms with Crippen molar-refractivity contribution in [3.8, 4) is 11.4 Å². The number of nitrogens with one attached hydrogen (secondary N) is 1. The third-order valence-corrected chi connectivity index (χ3v) is 4.66. The summed E-state index contributed by atoms with van der Waals surface area (Å²) >= 11 is 0. The van der Waals surface area contributed by atoms with Gasteiger partial charge in [0.2, 0.25) is 5.82 Å². The van der Waals surface area contributed by atoms with Crippen LogP contribution in [0.1, 0.15) is 24.3 Å². The van der Waals surface area contributed by atoms with E-state index < -0.39 is 22.9 Å². The molecule has 0 spiro atoms. The molecule has 0 saturated carbocycles. The highest BCUT2D eigenvalue weighted by Gasteiger charge is 2.38. The smallest absolute Gasteiger partial charge is 0.376 e. The topological polar surface area (TPSA) is 88.3 Å². The van der Waals surface area contributed by atoms with Gasteiger partial charge in [-0.2, -0.15) is 18.2 Å². The molecule has 3 aromatic rings. The van der Waals surface area contributed by atoms with Crippen molar-refractivity contribution in [1.82, 2.24) is 10.1 Å². The Bertz CT molecular complexity index is 1060. The molecule has 1 aromatic heterocycles. The average Bonchev–Trinajstić information content (AvgIpc) is 3.36. The van der Waals surface area contributed by atoms with Gasteiger partial charge in [-0.15, -0.1) is 0 Å². The minimum atomic E-state index is -4.69. The van der Waals surface area contributed by atoms with Crippen LogP contribution in [-0.4, -0.2) is 23.2 Å². The van der Waals surface area contributed by atoms with E-state index in [1.165, 1.54) is 0 Å². The summed E-state index contributed by atoms with van der Waals surface area (Å²) in [6.45, 7) is 1.82. The lowest BCUT2D eigenvalue weighted by Gasteiger charge is -2.22. The van der Waals surface area contributed by atoms with E-state index >= 15 is 0 Å². The van der Waals surface area contributed by atoms with E-state index in [1.54, 1.807) is 24.3 Å². The lowest BCUT2D eigenvalue weighted by Crippen LogP contribution is -2.41. The SMILES string of the molecule is O=c1c(NCc2ccc(-c3noc(C(F)(F)F)n3)cc2)c(N2CCCC2)c1=O. The zero-order valence-electron chi connectivity index (χ0n) is 14.5. The maximum Gasteiger partial charge on any atom is 0.471 e. The molecule has 0 aliphatic carbocycles. The van der Waals surface area contributed by atoms with Crippen LogP contribution in [0.25, 0.3) is 11.4 Å². The van der Waals surface area contributed by atoms with Crippen LogP contribution in [0.5, 0.6) is 0 Å². The summed E-state index contributed by atoms with van der Waals surface area (Å²) in [5.41, 5.74) is 0.940. The van der Waals surface area contributed by atoms with E-state index in [1.807, 2.05) is 4.90 Å². The van der Waals surface area contributed by atoms with Crippen molar-refractivity contribution in [3.63, 3.8) is 0 Å². The summed E-state index contributed by atoms with van der Waals surface area (Å²) < 4.78 is 41.8. The number of rotatable bonds is 5. The van der Waals surface area contributed by atoms with E-state index in [0.29, 0.717) is 23.5 Å². The molecule has 4 rings (SSSR count). The van der Waals surface area contributed by atoms with Crippen LogP contribution < -0.4 is 21.1 Å². The number of benzene rings is 1. The summed E-state index contributed by atoms with van der Waals surface area (Å²) in [6, 6.07) is 6.47. The molecule has 0 unspecified atom stereocenters. The van der Waals surface area contributed by atoms with Crippen LogP contribution in [0.2, 0.25) is 0 Å². The Morgan fingerprint density at radius 3 is 2.36 bits per heavy atom. The number of aromatic nitrogens is 2. The van der Waals surface area contributed by atoms with E-state index in [9.17, 15) is 22.8 Å². The molecule has 10 heteroatoms. The molecule has 0 radical (unpaired) electrons. The van der Waals surface area contributed by atoms with Crippen LogP contribution in [0.3, 0.4) is 0 Å². The van der Waals surface area contributed by atoms with Gasteiger partial charge in [-0.1, -0.05) is 29.4 Å². The van der Waals surface area contributed by atoms with E-state index in [4.69, 9.17) is 0 Å². The standard InChI is InChI=1S/C18H15F3N4O3/c19-18(20,21)17-23-16(24-28-17)11-5-3-10(4-6-11)9-22-12-13(15(27)14(12)26)25-7-1-2-8-25/h3-6,22H,1-2,7-9H2. The van der Waals surface area contributed by atoms with E-state index in [-0.39, 0.29) is 5.82 Å². The fraction of sp³-hybridized carbons (Fsp3) is 0.333. The summed E-state index contributed by atoms with van der Waals surface area (Å²) in [5.74, 6) is -1.56. The predicted molar refractivity (Wildman–Crippen MR) is 94.9 cm³/mol. The summed E-state index contributed by atoms with van der Waals surface area (Å²) in [7, 11) is 0. The highest BCUT2D eigenvalue weighted by Crippen LogP contribution is 2.29. The summed E-state index contributed by atoms with van der Waals surface area (Å²) in [6.07, 6.45) is -2.71. The number of nitrogens with zero attached hydrogens (tertiary/aromatic N) is 3. The Kier molecular flexibility index (Phi) is 4.40. The van der Waals surface area contributed by atoms with Gasteiger partial charge in [-0.05, 0) is 18.4 Å². The zero-order chi connectivity index (χ0) is 19.9. The summed E-state index contributed by atoms with van der Waals surface area (Å²) in [4.78, 5) is 29.0. The van der Waals surface area contributed by atoms with Crippen LogP contribution >= 0.6 is 0 Å². The van der Waals surface area contributed by atoms with Gasteiger partial charge >= 0.3 is 12.1 Å². The lowest BCUT2D eigenvalue weighted by atomic mass is 10.1. The Morgan fingerprint density at radius 2 is 1.75 bits per heavy atom. The maximum absolute atomic E-state index is 12.5. The van der Waals surface area contributed by atoms with Gasteiger partial charge in [0, 0.05) is 25.2 Å². The quantitative estimate of drug-likeness (QED) is 0.668. The molecule has 28 heavy (non-hydrogen) atoms. The van der Waals surface area contributed by atoms with Gasteiger partial charge in [-0.25, -0.2) is 0 Å². The monoisotopic (exact) mass is 392 g/mol. The minimum absolute atomic E-state index is 0.161.